The number of ether oxygens (including phenoxy) is 1. The highest BCUT2D eigenvalue weighted by Crippen LogP contribution is 2.27. The largest absolute Gasteiger partial charge is 0.481 e. The SMILES string of the molecule is Cc1ccc(Cl)cc1NC(=O)[C@@H](C)Oc1ccccc1C(C)C. The summed E-state index contributed by atoms with van der Waals surface area (Å²) in [5.74, 6) is 0.874. The molecule has 0 saturated carbocycles. The lowest BCUT2D eigenvalue weighted by Crippen LogP contribution is -2.30. The molecule has 0 aliphatic carbocycles. The summed E-state index contributed by atoms with van der Waals surface area (Å²) in [5, 5.41) is 3.46. The van der Waals surface area contributed by atoms with Crippen LogP contribution < -0.4 is 10.1 Å². The number of carbonyl (C=O) groups excluding carboxylic acids is 1. The Labute approximate surface area is 142 Å². The first-order valence-corrected chi connectivity index (χ1v) is 8.09. The van der Waals surface area contributed by atoms with E-state index in [1.165, 1.54) is 0 Å². The fourth-order valence-electron chi connectivity index (χ4n) is 2.27. The third-order valence-electron chi connectivity index (χ3n) is 3.67. The Morgan fingerprint density at radius 1 is 1.13 bits per heavy atom. The van der Waals surface area contributed by atoms with E-state index in [9.17, 15) is 4.79 Å². The lowest BCUT2D eigenvalue weighted by molar-refractivity contribution is -0.122. The number of benzene rings is 2. The first-order chi connectivity index (χ1) is 10.9. The van der Waals surface area contributed by atoms with E-state index in [4.69, 9.17) is 16.3 Å². The van der Waals surface area contributed by atoms with Crippen molar-refractivity contribution in [3.8, 4) is 5.75 Å². The van der Waals surface area contributed by atoms with Crippen LogP contribution in [0.1, 0.15) is 37.8 Å². The number of amides is 1. The van der Waals surface area contributed by atoms with E-state index in [-0.39, 0.29) is 5.91 Å². The number of para-hydroxylation sites is 1. The van der Waals surface area contributed by atoms with Crippen LogP contribution in [-0.2, 0) is 4.79 Å². The molecule has 0 radical (unpaired) electrons. The lowest BCUT2D eigenvalue weighted by atomic mass is 10.0. The summed E-state index contributed by atoms with van der Waals surface area (Å²) in [7, 11) is 0. The third kappa shape index (κ3) is 4.49. The van der Waals surface area contributed by atoms with Crippen molar-refractivity contribution in [3.63, 3.8) is 0 Å². The monoisotopic (exact) mass is 331 g/mol. The van der Waals surface area contributed by atoms with Crippen molar-refractivity contribution in [3.05, 3.63) is 58.6 Å². The maximum Gasteiger partial charge on any atom is 0.265 e. The van der Waals surface area contributed by atoms with E-state index in [0.29, 0.717) is 16.6 Å². The quantitative estimate of drug-likeness (QED) is 0.820. The Balaban J connectivity index is 2.10. The zero-order valence-corrected chi connectivity index (χ0v) is 14.6. The van der Waals surface area contributed by atoms with Crippen LogP contribution in [0, 0.1) is 6.92 Å². The van der Waals surface area contributed by atoms with Gasteiger partial charge in [0.2, 0.25) is 0 Å². The first-order valence-electron chi connectivity index (χ1n) is 7.71. The average molecular weight is 332 g/mol. The van der Waals surface area contributed by atoms with Crippen molar-refractivity contribution >= 4 is 23.2 Å². The van der Waals surface area contributed by atoms with Crippen molar-refractivity contribution in [2.75, 3.05) is 5.32 Å². The number of halogens is 1. The number of aryl methyl sites for hydroxylation is 1. The predicted molar refractivity (Wildman–Crippen MR) is 95.4 cm³/mol. The van der Waals surface area contributed by atoms with Gasteiger partial charge in [0.15, 0.2) is 6.10 Å². The van der Waals surface area contributed by atoms with Crippen LogP contribution in [0.4, 0.5) is 5.69 Å². The second-order valence-corrected chi connectivity index (χ2v) is 6.34. The van der Waals surface area contributed by atoms with Crippen LogP contribution in [0.15, 0.2) is 42.5 Å². The van der Waals surface area contributed by atoms with Crippen molar-refractivity contribution in [2.45, 2.75) is 39.7 Å². The first kappa shape index (κ1) is 17.4. The molecule has 122 valence electrons. The molecular formula is C19H22ClNO2. The number of hydrogen-bond donors (Lipinski definition) is 1. The number of hydrogen-bond acceptors (Lipinski definition) is 2. The molecule has 1 atom stereocenters. The highest BCUT2D eigenvalue weighted by atomic mass is 35.5. The van der Waals surface area contributed by atoms with Crippen LogP contribution in [0.5, 0.6) is 5.75 Å². The van der Waals surface area contributed by atoms with Gasteiger partial charge in [0.05, 0.1) is 0 Å². The van der Waals surface area contributed by atoms with Gasteiger partial charge in [-0.05, 0) is 49.1 Å². The van der Waals surface area contributed by atoms with Gasteiger partial charge in [0.25, 0.3) is 5.91 Å². The van der Waals surface area contributed by atoms with Gasteiger partial charge in [-0.15, -0.1) is 0 Å². The summed E-state index contributed by atoms with van der Waals surface area (Å²) in [6.07, 6.45) is -0.603. The summed E-state index contributed by atoms with van der Waals surface area (Å²) < 4.78 is 5.87. The van der Waals surface area contributed by atoms with Gasteiger partial charge in [-0.25, -0.2) is 0 Å². The minimum absolute atomic E-state index is 0.200. The van der Waals surface area contributed by atoms with Gasteiger partial charge in [-0.3, -0.25) is 4.79 Å². The third-order valence-corrected chi connectivity index (χ3v) is 3.91. The molecule has 4 heteroatoms. The molecule has 2 aromatic carbocycles. The second kappa shape index (κ2) is 7.51. The lowest BCUT2D eigenvalue weighted by Gasteiger charge is -2.19. The number of carbonyl (C=O) groups is 1. The van der Waals surface area contributed by atoms with Crippen molar-refractivity contribution in [1.82, 2.24) is 0 Å². The Bertz CT molecular complexity index is 698. The maximum absolute atomic E-state index is 12.4. The molecule has 1 amide bonds. The van der Waals surface area contributed by atoms with Crippen molar-refractivity contribution in [2.24, 2.45) is 0 Å². The van der Waals surface area contributed by atoms with E-state index in [2.05, 4.69) is 19.2 Å². The molecule has 0 unspecified atom stereocenters. The highest BCUT2D eigenvalue weighted by molar-refractivity contribution is 6.31. The molecule has 2 aromatic rings. The number of anilines is 1. The van der Waals surface area contributed by atoms with Gasteiger partial charge in [-0.2, -0.15) is 0 Å². The van der Waals surface area contributed by atoms with Crippen molar-refractivity contribution in [1.29, 1.82) is 0 Å². The molecule has 2 rings (SSSR count). The molecule has 0 bridgehead atoms. The Morgan fingerprint density at radius 2 is 1.83 bits per heavy atom. The molecule has 0 aromatic heterocycles. The summed E-state index contributed by atoms with van der Waals surface area (Å²) >= 11 is 5.98. The van der Waals surface area contributed by atoms with E-state index in [1.54, 1.807) is 19.1 Å². The molecule has 1 N–H and O–H groups in total. The molecule has 0 saturated heterocycles. The summed E-state index contributed by atoms with van der Waals surface area (Å²) in [6.45, 7) is 7.86. The van der Waals surface area contributed by atoms with Gasteiger partial charge in [0.1, 0.15) is 5.75 Å². The smallest absolute Gasteiger partial charge is 0.265 e. The number of rotatable bonds is 5. The molecule has 23 heavy (non-hydrogen) atoms. The predicted octanol–water partition coefficient (Wildman–Crippen LogP) is 5.18. The van der Waals surface area contributed by atoms with Gasteiger partial charge >= 0.3 is 0 Å². The van der Waals surface area contributed by atoms with E-state index in [1.807, 2.05) is 37.3 Å². The Morgan fingerprint density at radius 3 is 2.52 bits per heavy atom. The van der Waals surface area contributed by atoms with Crippen LogP contribution in [0.25, 0.3) is 0 Å². The Kier molecular flexibility index (Phi) is 5.67. The molecule has 0 heterocycles. The molecule has 3 nitrogen and oxygen atoms in total. The van der Waals surface area contributed by atoms with Crippen LogP contribution in [0.3, 0.4) is 0 Å². The molecule has 0 aliphatic rings. The maximum atomic E-state index is 12.4. The van der Waals surface area contributed by atoms with E-state index < -0.39 is 6.10 Å². The Hall–Kier alpha value is -2.00. The van der Waals surface area contributed by atoms with Crippen LogP contribution in [-0.4, -0.2) is 12.0 Å². The number of nitrogens with one attached hydrogen (secondary N) is 1. The zero-order chi connectivity index (χ0) is 17.0. The molecule has 0 fully saturated rings. The van der Waals surface area contributed by atoms with E-state index in [0.717, 1.165) is 16.9 Å². The van der Waals surface area contributed by atoms with E-state index >= 15 is 0 Å². The topological polar surface area (TPSA) is 38.3 Å². The minimum atomic E-state index is -0.603. The summed E-state index contributed by atoms with van der Waals surface area (Å²) in [6, 6.07) is 13.2. The molecule has 0 spiro atoms. The fraction of sp³-hybridized carbons (Fsp3) is 0.316. The fourth-order valence-corrected chi connectivity index (χ4v) is 2.44. The minimum Gasteiger partial charge on any atom is -0.481 e. The summed E-state index contributed by atoms with van der Waals surface area (Å²) in [4.78, 5) is 12.4. The van der Waals surface area contributed by atoms with Gasteiger partial charge in [0, 0.05) is 10.7 Å². The van der Waals surface area contributed by atoms with Gasteiger partial charge in [-0.1, -0.05) is 49.7 Å². The normalized spacial score (nSPS) is 12.1. The van der Waals surface area contributed by atoms with Crippen molar-refractivity contribution < 1.29 is 9.53 Å². The molecular weight excluding hydrogens is 310 g/mol. The average Bonchev–Trinajstić information content (AvgIpc) is 2.51. The van der Waals surface area contributed by atoms with Crippen LogP contribution >= 0.6 is 11.6 Å². The highest BCUT2D eigenvalue weighted by Gasteiger charge is 2.18. The second-order valence-electron chi connectivity index (χ2n) is 5.90. The molecule has 0 aliphatic heterocycles. The van der Waals surface area contributed by atoms with Crippen LogP contribution in [0.2, 0.25) is 5.02 Å². The standard InChI is InChI=1S/C19H22ClNO2/c1-12(2)16-7-5-6-8-18(16)23-14(4)19(22)21-17-11-15(20)10-9-13(17)3/h5-12,14H,1-4H3,(H,21,22)/t14-/m1/s1. The zero-order valence-electron chi connectivity index (χ0n) is 13.9. The summed E-state index contributed by atoms with van der Waals surface area (Å²) in [5.41, 5.74) is 2.75. The van der Waals surface area contributed by atoms with Gasteiger partial charge < -0.3 is 10.1 Å².